The molecule has 0 aliphatic heterocycles. The van der Waals surface area contributed by atoms with Gasteiger partial charge in [-0.2, -0.15) is 0 Å². The van der Waals surface area contributed by atoms with Crippen LogP contribution in [-0.2, 0) is 28.8 Å². The van der Waals surface area contributed by atoms with Crippen LogP contribution in [0.25, 0.3) is 0 Å². The first kappa shape index (κ1) is 24.8. The van der Waals surface area contributed by atoms with Crippen molar-refractivity contribution in [1.29, 1.82) is 0 Å². The Morgan fingerprint density at radius 3 is 1.30 bits per heavy atom. The van der Waals surface area contributed by atoms with E-state index in [9.17, 15) is 54.3 Å². The Bertz CT molecular complexity index is 711. The average Bonchev–Trinajstić information content (AvgIpc) is 2.56. The summed E-state index contributed by atoms with van der Waals surface area (Å²) < 4.78 is 0. The zero-order chi connectivity index (χ0) is 22.1. The molecule has 0 aromatic heterocycles. The Morgan fingerprint density at radius 1 is 0.667 bits per heavy atom. The molecule has 0 rings (SSSR count). The molecule has 0 radical (unpaired) electrons. The van der Waals surface area contributed by atoms with Gasteiger partial charge in [0.15, 0.2) is 46.7 Å². The van der Waals surface area contributed by atoms with Gasteiger partial charge in [-0.15, -0.1) is 0 Å². The Morgan fingerprint density at radius 2 is 1.07 bits per heavy atom. The summed E-state index contributed by atoms with van der Waals surface area (Å²) in [6.45, 7) is 2.74. The third-order valence-corrected chi connectivity index (χ3v) is 4.40. The van der Waals surface area contributed by atoms with Crippen LogP contribution < -0.4 is 0 Å². The van der Waals surface area contributed by atoms with E-state index in [-0.39, 0.29) is 0 Å². The van der Waals surface area contributed by atoms with Gasteiger partial charge < -0.3 is 25.5 Å². The van der Waals surface area contributed by atoms with Crippen LogP contribution in [0.15, 0.2) is 0 Å². The van der Waals surface area contributed by atoms with Gasteiger partial charge in [0.05, 0.1) is 0 Å². The number of aliphatic hydroxyl groups is 5. The molecule has 0 spiro atoms. The van der Waals surface area contributed by atoms with Crippen LogP contribution in [0.1, 0.15) is 34.6 Å². The maximum atomic E-state index is 12.4. The Labute approximate surface area is 153 Å². The molecule has 5 N–H and O–H groups in total. The van der Waals surface area contributed by atoms with Crippen molar-refractivity contribution in [1.82, 2.24) is 0 Å². The summed E-state index contributed by atoms with van der Waals surface area (Å²) in [4.78, 5) is 71.5. The average molecular weight is 390 g/mol. The number of Topliss-reactive ketones (excluding diaryl/α,β-unsaturated/α-hetero) is 6. The van der Waals surface area contributed by atoms with Gasteiger partial charge >= 0.3 is 0 Å². The summed E-state index contributed by atoms with van der Waals surface area (Å²) in [5.41, 5.74) is -12.0. The van der Waals surface area contributed by atoms with Gasteiger partial charge in [-0.1, -0.05) is 0 Å². The number of rotatable bonds is 10. The Balaban J connectivity index is 7.28. The Hall–Kier alpha value is -2.18. The highest BCUT2D eigenvalue weighted by Gasteiger charge is 2.75. The highest BCUT2D eigenvalue weighted by atomic mass is 16.4. The molecule has 11 heteroatoms. The molecule has 0 aliphatic rings. The van der Waals surface area contributed by atoms with E-state index in [0.29, 0.717) is 34.6 Å². The van der Waals surface area contributed by atoms with Crippen LogP contribution >= 0.6 is 0 Å². The van der Waals surface area contributed by atoms with Gasteiger partial charge in [0, 0.05) is 0 Å². The lowest BCUT2D eigenvalue weighted by molar-refractivity contribution is -0.243. The fraction of sp³-hybridized carbons (Fsp3) is 0.625. The Kier molecular flexibility index (Phi) is 7.19. The third kappa shape index (κ3) is 3.39. The summed E-state index contributed by atoms with van der Waals surface area (Å²) >= 11 is 0. The highest BCUT2D eigenvalue weighted by Crippen LogP contribution is 2.40. The van der Waals surface area contributed by atoms with Crippen molar-refractivity contribution < 1.29 is 54.3 Å². The summed E-state index contributed by atoms with van der Waals surface area (Å²) in [5, 5.41) is 51.8. The van der Waals surface area contributed by atoms with Crippen molar-refractivity contribution in [3.05, 3.63) is 0 Å². The number of ketones is 6. The first-order valence-electron chi connectivity index (χ1n) is 7.57. The lowest BCUT2D eigenvalue weighted by atomic mass is 9.60. The van der Waals surface area contributed by atoms with Crippen molar-refractivity contribution in [2.24, 2.45) is 0 Å². The predicted molar refractivity (Wildman–Crippen MR) is 85.3 cm³/mol. The molecule has 0 aromatic rings. The van der Waals surface area contributed by atoms with Crippen molar-refractivity contribution >= 4 is 34.7 Å². The standard InChI is InChI=1S/C16H22O11/c1-6(17)11(22)13(24)15(26,9(4)20)16(27,10(5)21)14(25,8(3)19)12(23)7(2)18/h11-12,22-23,25-27H,1-5H3/t11?,12?,14-,15-,16-/m1/s1. The van der Waals surface area contributed by atoms with E-state index in [1.807, 2.05) is 0 Å². The fourth-order valence-electron chi connectivity index (χ4n) is 2.73. The van der Waals surface area contributed by atoms with E-state index in [0.717, 1.165) is 0 Å². The normalized spacial score (nSPS) is 20.2. The molecule has 0 fully saturated rings. The van der Waals surface area contributed by atoms with E-state index >= 15 is 0 Å². The van der Waals surface area contributed by atoms with Gasteiger partial charge in [-0.05, 0) is 34.6 Å². The maximum Gasteiger partial charge on any atom is 0.223 e. The smallest absolute Gasteiger partial charge is 0.223 e. The van der Waals surface area contributed by atoms with E-state index in [1.165, 1.54) is 0 Å². The van der Waals surface area contributed by atoms with Crippen molar-refractivity contribution in [2.45, 2.75) is 63.6 Å². The van der Waals surface area contributed by atoms with Gasteiger partial charge in [0.25, 0.3) is 0 Å². The van der Waals surface area contributed by atoms with Crippen LogP contribution in [0.4, 0.5) is 0 Å². The van der Waals surface area contributed by atoms with Gasteiger partial charge in [-0.3, -0.25) is 28.8 Å². The van der Waals surface area contributed by atoms with E-state index in [2.05, 4.69) is 0 Å². The number of carbonyl (C=O) groups excluding carboxylic acids is 6. The lowest BCUT2D eigenvalue weighted by Crippen LogP contribution is -2.82. The van der Waals surface area contributed by atoms with E-state index in [4.69, 9.17) is 0 Å². The predicted octanol–water partition coefficient (Wildman–Crippen LogP) is -3.58. The molecule has 11 nitrogen and oxygen atoms in total. The second kappa shape index (κ2) is 7.82. The summed E-state index contributed by atoms with van der Waals surface area (Å²) in [6, 6.07) is 0. The largest absolute Gasteiger partial charge is 0.382 e. The van der Waals surface area contributed by atoms with Crippen LogP contribution in [0.5, 0.6) is 0 Å². The van der Waals surface area contributed by atoms with Crippen molar-refractivity contribution in [3.8, 4) is 0 Å². The fourth-order valence-corrected chi connectivity index (χ4v) is 2.73. The highest BCUT2D eigenvalue weighted by molar-refractivity contribution is 6.23. The zero-order valence-corrected chi connectivity index (χ0v) is 15.3. The molecule has 0 saturated carbocycles. The van der Waals surface area contributed by atoms with E-state index < -0.39 is 63.7 Å². The van der Waals surface area contributed by atoms with Crippen molar-refractivity contribution in [2.75, 3.05) is 0 Å². The van der Waals surface area contributed by atoms with Crippen LogP contribution in [0.3, 0.4) is 0 Å². The molecule has 2 unspecified atom stereocenters. The molecule has 5 atom stereocenters. The summed E-state index contributed by atoms with van der Waals surface area (Å²) in [7, 11) is 0. The van der Waals surface area contributed by atoms with E-state index in [1.54, 1.807) is 0 Å². The second-order valence-corrected chi connectivity index (χ2v) is 6.25. The minimum absolute atomic E-state index is 0.447. The molecular weight excluding hydrogens is 368 g/mol. The topological polar surface area (TPSA) is 204 Å². The maximum absolute atomic E-state index is 12.4. The minimum atomic E-state index is -4.11. The molecule has 0 bridgehead atoms. The zero-order valence-electron chi connectivity index (χ0n) is 15.3. The SMILES string of the molecule is CC(=O)C(O)C(=O)[C@](O)(C(C)=O)[C@@](O)(C(C)=O)[C@@](O)(C(C)=O)C(O)C(C)=O. The molecule has 0 saturated heterocycles. The number of hydrogen-bond donors (Lipinski definition) is 5. The molecular formula is C16H22O11. The van der Waals surface area contributed by atoms with Crippen LogP contribution in [0.2, 0.25) is 0 Å². The molecule has 0 amide bonds. The van der Waals surface area contributed by atoms with Gasteiger partial charge in [-0.25, -0.2) is 0 Å². The van der Waals surface area contributed by atoms with Crippen LogP contribution in [0, 0.1) is 0 Å². The third-order valence-electron chi connectivity index (χ3n) is 4.40. The second-order valence-electron chi connectivity index (χ2n) is 6.25. The molecule has 0 aliphatic carbocycles. The molecule has 0 aromatic carbocycles. The van der Waals surface area contributed by atoms with Crippen LogP contribution in [-0.4, -0.2) is 89.2 Å². The number of hydrogen-bond acceptors (Lipinski definition) is 11. The van der Waals surface area contributed by atoms with Gasteiger partial charge in [0.1, 0.15) is 0 Å². The monoisotopic (exact) mass is 390 g/mol. The number of carbonyl (C=O) groups is 6. The first-order chi connectivity index (χ1) is 11.9. The summed E-state index contributed by atoms with van der Waals surface area (Å²) in [5.74, 6) is -9.98. The minimum Gasteiger partial charge on any atom is -0.382 e. The molecule has 27 heavy (non-hydrogen) atoms. The van der Waals surface area contributed by atoms with Crippen molar-refractivity contribution in [3.63, 3.8) is 0 Å². The first-order valence-corrected chi connectivity index (χ1v) is 7.57. The quantitative estimate of drug-likeness (QED) is 0.231. The van der Waals surface area contributed by atoms with Gasteiger partial charge in [0.2, 0.25) is 17.0 Å². The lowest BCUT2D eigenvalue weighted by Gasteiger charge is -2.48. The summed E-state index contributed by atoms with van der Waals surface area (Å²) in [6.07, 6.45) is -5.58. The number of aliphatic hydroxyl groups excluding tert-OH is 2. The molecule has 0 heterocycles. The molecule has 152 valence electrons.